The Hall–Kier alpha value is -2.69. The quantitative estimate of drug-likeness (QED) is 0.821. The van der Waals surface area contributed by atoms with Crippen LogP contribution in [0.4, 0.5) is 4.39 Å². The van der Waals surface area contributed by atoms with Crippen molar-refractivity contribution in [2.45, 2.75) is 25.8 Å². The number of nitrogens with one attached hydrogen (secondary N) is 2. The summed E-state index contributed by atoms with van der Waals surface area (Å²) >= 11 is 0. The van der Waals surface area contributed by atoms with Gasteiger partial charge in [0.2, 0.25) is 5.91 Å². The molecule has 24 heavy (non-hydrogen) atoms. The van der Waals surface area contributed by atoms with Gasteiger partial charge in [-0.1, -0.05) is 37.3 Å². The first-order chi connectivity index (χ1) is 11.6. The Morgan fingerprint density at radius 2 is 1.71 bits per heavy atom. The van der Waals surface area contributed by atoms with Crippen molar-refractivity contribution in [3.05, 3.63) is 71.5 Å². The maximum Gasteiger partial charge on any atom is 0.251 e. The molecule has 0 aliphatic heterocycles. The maximum atomic E-state index is 13.0. The summed E-state index contributed by atoms with van der Waals surface area (Å²) in [6, 6.07) is 14.0. The normalized spacial score (nSPS) is 11.6. The van der Waals surface area contributed by atoms with Crippen molar-refractivity contribution in [3.8, 4) is 0 Å². The largest absolute Gasteiger partial charge is 0.354 e. The lowest BCUT2D eigenvalue weighted by Gasteiger charge is -2.18. The van der Waals surface area contributed by atoms with Crippen LogP contribution < -0.4 is 10.6 Å². The molecule has 2 aromatic carbocycles. The zero-order valence-electron chi connectivity index (χ0n) is 13.6. The first-order valence-corrected chi connectivity index (χ1v) is 7.98. The molecule has 0 aromatic heterocycles. The second-order valence-electron chi connectivity index (χ2n) is 5.51. The van der Waals surface area contributed by atoms with E-state index in [1.807, 2.05) is 37.3 Å². The lowest BCUT2D eigenvalue weighted by Crippen LogP contribution is -2.48. The van der Waals surface area contributed by atoms with E-state index in [0.717, 1.165) is 12.0 Å². The topological polar surface area (TPSA) is 58.2 Å². The molecule has 2 amide bonds. The fourth-order valence-electron chi connectivity index (χ4n) is 2.27. The van der Waals surface area contributed by atoms with Crippen LogP contribution in [0.5, 0.6) is 0 Å². The molecular weight excluding hydrogens is 307 g/mol. The van der Waals surface area contributed by atoms with Gasteiger partial charge in [-0.2, -0.15) is 0 Å². The van der Waals surface area contributed by atoms with Crippen molar-refractivity contribution in [2.75, 3.05) is 6.54 Å². The molecule has 0 heterocycles. The third-order valence-corrected chi connectivity index (χ3v) is 3.56. The predicted octanol–water partition coefficient (Wildman–Crippen LogP) is 2.69. The molecule has 2 N–H and O–H groups in total. The van der Waals surface area contributed by atoms with Crippen molar-refractivity contribution in [3.63, 3.8) is 0 Å². The number of carbonyl (C=O) groups is 2. The van der Waals surface area contributed by atoms with Gasteiger partial charge in [0.1, 0.15) is 11.9 Å². The van der Waals surface area contributed by atoms with Crippen LogP contribution in [0, 0.1) is 5.82 Å². The number of benzene rings is 2. The maximum absolute atomic E-state index is 13.0. The highest BCUT2D eigenvalue weighted by atomic mass is 19.1. The van der Waals surface area contributed by atoms with Crippen LogP contribution >= 0.6 is 0 Å². The molecule has 1 atom stereocenters. The van der Waals surface area contributed by atoms with Gasteiger partial charge in [0.25, 0.3) is 5.91 Å². The zero-order chi connectivity index (χ0) is 17.4. The van der Waals surface area contributed by atoms with Crippen molar-refractivity contribution >= 4 is 11.8 Å². The van der Waals surface area contributed by atoms with Crippen LogP contribution in [0.1, 0.15) is 29.3 Å². The summed E-state index contributed by atoms with van der Waals surface area (Å²) in [6.45, 7) is 2.51. The van der Waals surface area contributed by atoms with Gasteiger partial charge in [-0.05, 0) is 36.2 Å². The molecule has 0 radical (unpaired) electrons. The van der Waals surface area contributed by atoms with Crippen LogP contribution in [0.15, 0.2) is 54.6 Å². The molecule has 0 aliphatic rings. The Kier molecular flexibility index (Phi) is 6.49. The Bertz CT molecular complexity index is 672. The average molecular weight is 328 g/mol. The van der Waals surface area contributed by atoms with E-state index in [9.17, 15) is 14.0 Å². The van der Waals surface area contributed by atoms with Gasteiger partial charge in [0.15, 0.2) is 0 Å². The molecule has 4 nitrogen and oxygen atoms in total. The number of rotatable bonds is 7. The van der Waals surface area contributed by atoms with Crippen molar-refractivity contribution < 1.29 is 14.0 Å². The van der Waals surface area contributed by atoms with E-state index in [4.69, 9.17) is 0 Å². The average Bonchev–Trinajstić information content (AvgIpc) is 2.60. The fourth-order valence-corrected chi connectivity index (χ4v) is 2.27. The first-order valence-electron chi connectivity index (χ1n) is 7.98. The number of hydrogen-bond acceptors (Lipinski definition) is 2. The van der Waals surface area contributed by atoms with E-state index >= 15 is 0 Å². The van der Waals surface area contributed by atoms with Gasteiger partial charge >= 0.3 is 0 Å². The summed E-state index contributed by atoms with van der Waals surface area (Å²) in [5.41, 5.74) is 1.27. The molecular formula is C19H21FN2O2. The minimum absolute atomic E-state index is 0.226. The van der Waals surface area contributed by atoms with Gasteiger partial charge in [0.05, 0.1) is 0 Å². The molecule has 0 saturated carbocycles. The van der Waals surface area contributed by atoms with Crippen molar-refractivity contribution in [1.82, 2.24) is 10.6 Å². The summed E-state index contributed by atoms with van der Waals surface area (Å²) in [6.07, 6.45) is 1.21. The second kappa shape index (κ2) is 8.82. The third-order valence-electron chi connectivity index (χ3n) is 3.56. The summed E-state index contributed by atoms with van der Waals surface area (Å²) in [7, 11) is 0. The van der Waals surface area contributed by atoms with E-state index in [0.29, 0.717) is 18.5 Å². The predicted molar refractivity (Wildman–Crippen MR) is 91.1 cm³/mol. The molecule has 0 aliphatic carbocycles. The highest BCUT2D eigenvalue weighted by Gasteiger charge is 2.21. The molecule has 126 valence electrons. The molecule has 5 heteroatoms. The molecule has 1 unspecified atom stereocenters. The van der Waals surface area contributed by atoms with E-state index in [1.54, 1.807) is 0 Å². The molecule has 2 rings (SSSR count). The van der Waals surface area contributed by atoms with Gasteiger partial charge in [0, 0.05) is 18.5 Å². The van der Waals surface area contributed by atoms with E-state index in [2.05, 4.69) is 10.6 Å². The van der Waals surface area contributed by atoms with Crippen molar-refractivity contribution in [2.24, 2.45) is 0 Å². The third kappa shape index (κ3) is 5.19. The van der Waals surface area contributed by atoms with Crippen LogP contribution in [0.25, 0.3) is 0 Å². The number of amides is 2. The molecule has 0 saturated heterocycles. The summed E-state index contributed by atoms with van der Waals surface area (Å²) < 4.78 is 13.0. The first kappa shape index (κ1) is 17.7. The Morgan fingerprint density at radius 1 is 1.04 bits per heavy atom. The molecule has 2 aromatic rings. The fraction of sp³-hybridized carbons (Fsp3) is 0.263. The van der Waals surface area contributed by atoms with Crippen LogP contribution in [-0.4, -0.2) is 24.4 Å². The second-order valence-corrected chi connectivity index (χ2v) is 5.51. The van der Waals surface area contributed by atoms with Gasteiger partial charge in [-0.15, -0.1) is 0 Å². The van der Waals surface area contributed by atoms with E-state index < -0.39 is 17.8 Å². The smallest absolute Gasteiger partial charge is 0.251 e. The number of halogens is 1. The van der Waals surface area contributed by atoms with Crippen LogP contribution in [0.3, 0.4) is 0 Å². The Balaban J connectivity index is 2.10. The van der Waals surface area contributed by atoms with Crippen molar-refractivity contribution in [1.29, 1.82) is 0 Å². The van der Waals surface area contributed by atoms with Gasteiger partial charge in [-0.25, -0.2) is 4.39 Å². The lowest BCUT2D eigenvalue weighted by atomic mass is 10.0. The Labute approximate surface area is 141 Å². The molecule has 0 spiro atoms. The number of hydrogen-bond donors (Lipinski definition) is 2. The molecule has 0 fully saturated rings. The summed E-state index contributed by atoms with van der Waals surface area (Å²) in [4.78, 5) is 24.7. The molecule has 0 bridgehead atoms. The minimum Gasteiger partial charge on any atom is -0.354 e. The monoisotopic (exact) mass is 328 g/mol. The van der Waals surface area contributed by atoms with Crippen LogP contribution in [0.2, 0.25) is 0 Å². The summed E-state index contributed by atoms with van der Waals surface area (Å²) in [5, 5.41) is 5.54. The SMILES string of the molecule is CCCNC(=O)C(Cc1ccccc1)NC(=O)c1ccc(F)cc1. The standard InChI is InChI=1S/C19H21FN2O2/c1-2-12-21-19(24)17(13-14-6-4-3-5-7-14)22-18(23)15-8-10-16(20)11-9-15/h3-11,17H,2,12-13H2,1H3,(H,21,24)(H,22,23). The highest BCUT2D eigenvalue weighted by Crippen LogP contribution is 2.07. The van der Waals surface area contributed by atoms with Crippen LogP contribution in [-0.2, 0) is 11.2 Å². The summed E-state index contributed by atoms with van der Waals surface area (Å²) in [5.74, 6) is -1.04. The van der Waals surface area contributed by atoms with E-state index in [1.165, 1.54) is 24.3 Å². The minimum atomic E-state index is -0.684. The van der Waals surface area contributed by atoms with E-state index in [-0.39, 0.29) is 5.91 Å². The Morgan fingerprint density at radius 3 is 2.33 bits per heavy atom. The van der Waals surface area contributed by atoms with Gasteiger partial charge < -0.3 is 10.6 Å². The zero-order valence-corrected chi connectivity index (χ0v) is 13.6. The lowest BCUT2D eigenvalue weighted by molar-refractivity contribution is -0.122. The number of carbonyl (C=O) groups excluding carboxylic acids is 2. The highest BCUT2D eigenvalue weighted by molar-refractivity contribution is 5.97. The van der Waals surface area contributed by atoms with Gasteiger partial charge in [-0.3, -0.25) is 9.59 Å².